The van der Waals surface area contributed by atoms with Gasteiger partial charge in [0, 0.05) is 10.0 Å². The number of benzene rings is 1. The number of primary amides is 1. The first-order valence-electron chi connectivity index (χ1n) is 3.91. The number of nitriles is 1. The Morgan fingerprint density at radius 3 is 2.73 bits per heavy atom. The lowest BCUT2D eigenvalue weighted by Crippen LogP contribution is -2.12. The molecule has 2 N–H and O–H groups in total. The Morgan fingerprint density at radius 1 is 1.60 bits per heavy atom. The molecule has 1 aromatic carbocycles. The zero-order chi connectivity index (χ0) is 11.4. The molecule has 15 heavy (non-hydrogen) atoms. The molecule has 0 fully saturated rings. The van der Waals surface area contributed by atoms with Crippen LogP contribution < -0.4 is 5.73 Å². The number of hydrogen-bond donors (Lipinski definition) is 1. The van der Waals surface area contributed by atoms with Crippen LogP contribution in [0.25, 0.3) is 6.08 Å². The average molecular weight is 269 g/mol. The predicted octanol–water partition coefficient (Wildman–Crippen LogP) is 1.98. The summed E-state index contributed by atoms with van der Waals surface area (Å²) in [6.45, 7) is 0. The van der Waals surface area contributed by atoms with Gasteiger partial charge in [0.1, 0.15) is 17.5 Å². The fourth-order valence-corrected chi connectivity index (χ4v) is 1.27. The zero-order valence-electron chi connectivity index (χ0n) is 7.50. The highest BCUT2D eigenvalue weighted by molar-refractivity contribution is 9.10. The fraction of sp³-hybridized carbons (Fsp3) is 0. The summed E-state index contributed by atoms with van der Waals surface area (Å²) in [4.78, 5) is 10.7. The van der Waals surface area contributed by atoms with E-state index in [4.69, 9.17) is 11.0 Å². The van der Waals surface area contributed by atoms with Crippen LogP contribution in [-0.2, 0) is 4.79 Å². The molecule has 0 unspecified atom stereocenters. The lowest BCUT2D eigenvalue weighted by Gasteiger charge is -1.98. The van der Waals surface area contributed by atoms with Crippen LogP contribution in [0.3, 0.4) is 0 Å². The number of amides is 1. The minimum atomic E-state index is -0.875. The molecule has 0 atom stereocenters. The molecule has 0 radical (unpaired) electrons. The van der Waals surface area contributed by atoms with E-state index in [1.54, 1.807) is 12.1 Å². The first kappa shape index (κ1) is 11.4. The molecule has 0 bridgehead atoms. The van der Waals surface area contributed by atoms with Gasteiger partial charge in [-0.15, -0.1) is 0 Å². The van der Waals surface area contributed by atoms with Crippen molar-refractivity contribution in [3.8, 4) is 6.07 Å². The van der Waals surface area contributed by atoms with Crippen LogP contribution in [0, 0.1) is 17.1 Å². The minimum absolute atomic E-state index is 0.147. The highest BCUT2D eigenvalue weighted by Crippen LogP contribution is 2.17. The second kappa shape index (κ2) is 4.71. The van der Waals surface area contributed by atoms with Crippen molar-refractivity contribution in [2.24, 2.45) is 5.73 Å². The van der Waals surface area contributed by atoms with Crippen molar-refractivity contribution >= 4 is 27.9 Å². The Labute approximate surface area is 94.1 Å². The van der Waals surface area contributed by atoms with Crippen molar-refractivity contribution in [1.82, 2.24) is 0 Å². The Morgan fingerprint density at radius 2 is 2.27 bits per heavy atom. The summed E-state index contributed by atoms with van der Waals surface area (Å²) in [6.07, 6.45) is 1.12. The minimum Gasteiger partial charge on any atom is -0.365 e. The first-order chi connectivity index (χ1) is 7.04. The molecule has 0 aliphatic carbocycles. The van der Waals surface area contributed by atoms with Crippen molar-refractivity contribution < 1.29 is 9.18 Å². The van der Waals surface area contributed by atoms with Gasteiger partial charge in [0.25, 0.3) is 5.91 Å². The van der Waals surface area contributed by atoms with Gasteiger partial charge < -0.3 is 5.73 Å². The molecular formula is C10H6BrFN2O. The SMILES string of the molecule is N#C/C(=C\c1ccc(Br)cc1F)C(N)=O. The third-order valence-corrected chi connectivity index (χ3v) is 2.14. The van der Waals surface area contributed by atoms with Gasteiger partial charge in [0.2, 0.25) is 0 Å². The van der Waals surface area contributed by atoms with E-state index in [0.717, 1.165) is 6.08 Å². The molecule has 1 rings (SSSR count). The third-order valence-electron chi connectivity index (χ3n) is 1.65. The van der Waals surface area contributed by atoms with Crippen LogP contribution in [-0.4, -0.2) is 5.91 Å². The summed E-state index contributed by atoms with van der Waals surface area (Å²) < 4.78 is 13.9. The van der Waals surface area contributed by atoms with Gasteiger partial charge in [-0.1, -0.05) is 22.0 Å². The molecule has 3 nitrogen and oxygen atoms in total. The van der Waals surface area contributed by atoms with Crippen LogP contribution in [0.1, 0.15) is 5.56 Å². The summed E-state index contributed by atoms with van der Waals surface area (Å²) >= 11 is 3.09. The van der Waals surface area contributed by atoms with Crippen molar-refractivity contribution in [2.75, 3.05) is 0 Å². The van der Waals surface area contributed by atoms with E-state index in [-0.39, 0.29) is 11.1 Å². The molecule has 1 aromatic rings. The molecular weight excluding hydrogens is 263 g/mol. The standard InChI is InChI=1S/C10H6BrFN2O/c11-8-2-1-6(9(12)4-8)3-7(5-13)10(14)15/h1-4H,(H2,14,15)/b7-3+. The predicted molar refractivity (Wildman–Crippen MR) is 56.9 cm³/mol. The maximum absolute atomic E-state index is 13.3. The Kier molecular flexibility index (Phi) is 3.58. The van der Waals surface area contributed by atoms with Crippen molar-refractivity contribution in [3.63, 3.8) is 0 Å². The largest absolute Gasteiger partial charge is 0.365 e. The van der Waals surface area contributed by atoms with Gasteiger partial charge in [-0.25, -0.2) is 4.39 Å². The van der Waals surface area contributed by atoms with Crippen LogP contribution in [0.2, 0.25) is 0 Å². The van der Waals surface area contributed by atoms with Crippen LogP contribution in [0.15, 0.2) is 28.2 Å². The van der Waals surface area contributed by atoms with Gasteiger partial charge in [-0.3, -0.25) is 4.79 Å². The van der Waals surface area contributed by atoms with E-state index in [2.05, 4.69) is 15.9 Å². The maximum Gasteiger partial charge on any atom is 0.259 e. The summed E-state index contributed by atoms with van der Waals surface area (Å²) in [6, 6.07) is 5.88. The van der Waals surface area contributed by atoms with Crippen LogP contribution in [0.4, 0.5) is 4.39 Å². The number of carbonyl (C=O) groups is 1. The second-order valence-corrected chi connectivity index (χ2v) is 3.62. The van der Waals surface area contributed by atoms with Crippen molar-refractivity contribution in [1.29, 1.82) is 5.26 Å². The molecule has 0 aliphatic rings. The number of carbonyl (C=O) groups excluding carboxylic acids is 1. The van der Waals surface area contributed by atoms with E-state index in [9.17, 15) is 9.18 Å². The second-order valence-electron chi connectivity index (χ2n) is 2.70. The molecule has 1 amide bonds. The van der Waals surface area contributed by atoms with E-state index < -0.39 is 11.7 Å². The molecule has 0 saturated heterocycles. The Bertz CT molecular complexity index is 477. The topological polar surface area (TPSA) is 66.9 Å². The summed E-state index contributed by atoms with van der Waals surface area (Å²) in [5.74, 6) is -1.40. The molecule has 0 aromatic heterocycles. The van der Waals surface area contributed by atoms with Gasteiger partial charge in [-0.05, 0) is 18.2 Å². The molecule has 76 valence electrons. The van der Waals surface area contributed by atoms with Gasteiger partial charge in [-0.2, -0.15) is 5.26 Å². The third kappa shape index (κ3) is 2.89. The van der Waals surface area contributed by atoms with Gasteiger partial charge >= 0.3 is 0 Å². The highest BCUT2D eigenvalue weighted by atomic mass is 79.9. The van der Waals surface area contributed by atoms with Gasteiger partial charge in [0.05, 0.1) is 0 Å². The molecule has 0 heterocycles. The smallest absolute Gasteiger partial charge is 0.259 e. The normalized spacial score (nSPS) is 10.9. The number of nitrogens with two attached hydrogens (primary N) is 1. The number of halogens is 2. The zero-order valence-corrected chi connectivity index (χ0v) is 9.08. The quantitative estimate of drug-likeness (QED) is 0.658. The Hall–Kier alpha value is -1.67. The van der Waals surface area contributed by atoms with E-state index in [1.165, 1.54) is 12.1 Å². The lowest BCUT2D eigenvalue weighted by atomic mass is 10.1. The molecule has 0 aliphatic heterocycles. The molecule has 0 spiro atoms. The first-order valence-corrected chi connectivity index (χ1v) is 4.70. The summed E-state index contributed by atoms with van der Waals surface area (Å²) in [7, 11) is 0. The van der Waals surface area contributed by atoms with Crippen molar-refractivity contribution in [3.05, 3.63) is 39.6 Å². The summed E-state index contributed by atoms with van der Waals surface area (Å²) in [5, 5.41) is 8.55. The van der Waals surface area contributed by atoms with E-state index >= 15 is 0 Å². The number of hydrogen-bond acceptors (Lipinski definition) is 2. The highest BCUT2D eigenvalue weighted by Gasteiger charge is 2.06. The summed E-state index contributed by atoms with van der Waals surface area (Å²) in [5.41, 5.74) is 4.78. The molecule has 5 heteroatoms. The number of nitrogens with zero attached hydrogens (tertiary/aromatic N) is 1. The van der Waals surface area contributed by atoms with E-state index in [0.29, 0.717) is 4.47 Å². The monoisotopic (exact) mass is 268 g/mol. The average Bonchev–Trinajstić information content (AvgIpc) is 2.16. The molecule has 0 saturated carbocycles. The fourth-order valence-electron chi connectivity index (χ4n) is 0.933. The lowest BCUT2D eigenvalue weighted by molar-refractivity contribution is -0.114. The number of rotatable bonds is 2. The van der Waals surface area contributed by atoms with Crippen molar-refractivity contribution in [2.45, 2.75) is 0 Å². The Balaban J connectivity index is 3.19. The van der Waals surface area contributed by atoms with Gasteiger partial charge in [0.15, 0.2) is 0 Å². The van der Waals surface area contributed by atoms with Crippen LogP contribution in [0.5, 0.6) is 0 Å². The van der Waals surface area contributed by atoms with Crippen LogP contribution >= 0.6 is 15.9 Å². The van der Waals surface area contributed by atoms with E-state index in [1.807, 2.05) is 0 Å². The maximum atomic E-state index is 13.3.